The number of hydrogen-bond donors (Lipinski definition) is 2. The Morgan fingerprint density at radius 3 is 2.75 bits per heavy atom. The largest absolute Gasteiger partial charge is 0.478 e. The van der Waals surface area contributed by atoms with Gasteiger partial charge in [-0.25, -0.2) is 4.79 Å². The Morgan fingerprint density at radius 1 is 1.15 bits per heavy atom. The van der Waals surface area contributed by atoms with E-state index < -0.39 is 5.97 Å². The highest BCUT2D eigenvalue weighted by Gasteiger charge is 2.13. The number of benzene rings is 1. The van der Waals surface area contributed by atoms with Gasteiger partial charge >= 0.3 is 5.97 Å². The zero-order valence-electron chi connectivity index (χ0n) is 10.4. The molecule has 0 unspecified atom stereocenters. The van der Waals surface area contributed by atoms with Crippen molar-refractivity contribution in [2.75, 3.05) is 0 Å². The lowest BCUT2D eigenvalue weighted by atomic mass is 10.0. The Hall–Kier alpha value is -2.95. The second kappa shape index (κ2) is 4.97. The molecule has 98 valence electrons. The molecule has 3 aromatic rings. The van der Waals surface area contributed by atoms with Crippen LogP contribution in [0, 0.1) is 0 Å². The van der Waals surface area contributed by atoms with Crippen LogP contribution in [0.4, 0.5) is 0 Å². The Balaban J connectivity index is 2.05. The van der Waals surface area contributed by atoms with Crippen LogP contribution < -0.4 is 0 Å². The van der Waals surface area contributed by atoms with Gasteiger partial charge in [0, 0.05) is 23.5 Å². The van der Waals surface area contributed by atoms with Crippen LogP contribution in [0.5, 0.6) is 0 Å². The average Bonchev–Trinajstić information content (AvgIpc) is 2.98. The van der Waals surface area contributed by atoms with Crippen LogP contribution in [-0.2, 0) is 0 Å². The zero-order chi connectivity index (χ0) is 13.9. The number of nitrogens with zero attached hydrogens (tertiary/aromatic N) is 2. The summed E-state index contributed by atoms with van der Waals surface area (Å²) in [4.78, 5) is 15.3. The molecule has 2 aromatic heterocycles. The molecule has 0 aliphatic heterocycles. The third-order valence-electron chi connectivity index (χ3n) is 2.98. The normalized spacial score (nSPS) is 10.4. The van der Waals surface area contributed by atoms with E-state index >= 15 is 0 Å². The topological polar surface area (TPSA) is 78.9 Å². The highest BCUT2D eigenvalue weighted by atomic mass is 16.4. The summed E-state index contributed by atoms with van der Waals surface area (Å²) in [6.07, 6.45) is 3.40. The van der Waals surface area contributed by atoms with E-state index in [1.807, 2.05) is 18.2 Å². The van der Waals surface area contributed by atoms with Crippen molar-refractivity contribution in [3.8, 4) is 22.5 Å². The van der Waals surface area contributed by atoms with Gasteiger partial charge in [-0.05, 0) is 24.3 Å². The Kier molecular flexibility index (Phi) is 3.01. The van der Waals surface area contributed by atoms with Crippen LogP contribution >= 0.6 is 0 Å². The van der Waals surface area contributed by atoms with Gasteiger partial charge in [0.2, 0.25) is 0 Å². The van der Waals surface area contributed by atoms with E-state index in [0.29, 0.717) is 11.3 Å². The third kappa shape index (κ3) is 2.16. The molecule has 5 nitrogen and oxygen atoms in total. The zero-order valence-corrected chi connectivity index (χ0v) is 10.4. The fourth-order valence-electron chi connectivity index (χ4n) is 2.03. The minimum atomic E-state index is -0.960. The predicted octanol–water partition coefficient (Wildman–Crippen LogP) is 2.84. The van der Waals surface area contributed by atoms with E-state index in [0.717, 1.165) is 11.3 Å². The Bertz CT molecular complexity index is 751. The van der Waals surface area contributed by atoms with Crippen LogP contribution in [0.25, 0.3) is 22.5 Å². The maximum Gasteiger partial charge on any atom is 0.336 e. The number of nitrogens with one attached hydrogen (secondary N) is 1. The number of pyridine rings is 1. The van der Waals surface area contributed by atoms with Crippen LogP contribution in [0.1, 0.15) is 10.4 Å². The molecule has 5 heteroatoms. The molecular weight excluding hydrogens is 254 g/mol. The number of aromatic amines is 1. The van der Waals surface area contributed by atoms with Crippen molar-refractivity contribution in [1.82, 2.24) is 15.2 Å². The van der Waals surface area contributed by atoms with Crippen molar-refractivity contribution in [3.05, 3.63) is 60.4 Å². The number of carbonyl (C=O) groups is 1. The number of H-pyrrole nitrogens is 1. The van der Waals surface area contributed by atoms with E-state index in [1.54, 1.807) is 36.7 Å². The molecule has 2 N–H and O–H groups in total. The summed E-state index contributed by atoms with van der Waals surface area (Å²) in [5.41, 5.74) is 3.13. The van der Waals surface area contributed by atoms with Gasteiger partial charge in [0.05, 0.1) is 17.0 Å². The molecule has 20 heavy (non-hydrogen) atoms. The molecule has 3 rings (SSSR count). The van der Waals surface area contributed by atoms with Gasteiger partial charge in [-0.15, -0.1) is 0 Å². The summed E-state index contributed by atoms with van der Waals surface area (Å²) >= 11 is 0. The highest BCUT2D eigenvalue weighted by molar-refractivity contribution is 5.95. The minimum Gasteiger partial charge on any atom is -0.478 e. The third-order valence-corrected chi connectivity index (χ3v) is 2.98. The maximum absolute atomic E-state index is 11.2. The van der Waals surface area contributed by atoms with Crippen molar-refractivity contribution in [3.63, 3.8) is 0 Å². The molecule has 1 aromatic carbocycles. The number of hydrogen-bond acceptors (Lipinski definition) is 3. The van der Waals surface area contributed by atoms with E-state index in [9.17, 15) is 9.90 Å². The lowest BCUT2D eigenvalue weighted by Gasteiger charge is -2.02. The number of rotatable bonds is 3. The van der Waals surface area contributed by atoms with Crippen LogP contribution in [0.2, 0.25) is 0 Å². The molecule has 0 aliphatic rings. The first-order valence-electron chi connectivity index (χ1n) is 6.04. The van der Waals surface area contributed by atoms with E-state index in [4.69, 9.17) is 0 Å². The van der Waals surface area contributed by atoms with Gasteiger partial charge in [-0.2, -0.15) is 5.10 Å². The van der Waals surface area contributed by atoms with E-state index in [1.165, 1.54) is 0 Å². The maximum atomic E-state index is 11.2. The predicted molar refractivity (Wildman–Crippen MR) is 74.2 cm³/mol. The van der Waals surface area contributed by atoms with Crippen molar-refractivity contribution in [1.29, 1.82) is 0 Å². The van der Waals surface area contributed by atoms with Gasteiger partial charge in [0.15, 0.2) is 0 Å². The van der Waals surface area contributed by atoms with Gasteiger partial charge in [0.1, 0.15) is 0 Å². The van der Waals surface area contributed by atoms with Crippen LogP contribution in [0.3, 0.4) is 0 Å². The van der Waals surface area contributed by atoms with Crippen molar-refractivity contribution in [2.24, 2.45) is 0 Å². The number of aromatic nitrogens is 3. The highest BCUT2D eigenvalue weighted by Crippen LogP contribution is 2.25. The second-order valence-corrected chi connectivity index (χ2v) is 4.26. The smallest absolute Gasteiger partial charge is 0.336 e. The molecule has 0 spiro atoms. The molecule has 0 radical (unpaired) electrons. The van der Waals surface area contributed by atoms with Crippen LogP contribution in [0.15, 0.2) is 54.9 Å². The second-order valence-electron chi connectivity index (χ2n) is 4.26. The van der Waals surface area contributed by atoms with E-state index in [2.05, 4.69) is 15.2 Å². The lowest BCUT2D eigenvalue weighted by molar-refractivity contribution is 0.0697. The first-order valence-corrected chi connectivity index (χ1v) is 6.04. The molecule has 0 fully saturated rings. The van der Waals surface area contributed by atoms with Crippen LogP contribution in [-0.4, -0.2) is 26.3 Å². The fraction of sp³-hybridized carbons (Fsp3) is 0. The average molecular weight is 265 g/mol. The summed E-state index contributed by atoms with van der Waals surface area (Å²) in [7, 11) is 0. The Labute approximate surface area is 114 Å². The standard InChI is InChI=1S/C15H11N3O2/c19-15(20)12-6-2-1-5-11(12)14-8-13(17-18-14)10-4-3-7-16-9-10/h1-9H,(H,17,18)(H,19,20). The summed E-state index contributed by atoms with van der Waals surface area (Å²) in [6.45, 7) is 0. The van der Waals surface area contributed by atoms with Crippen molar-refractivity contribution in [2.45, 2.75) is 0 Å². The summed E-state index contributed by atoms with van der Waals surface area (Å²) in [5.74, 6) is -0.960. The van der Waals surface area contributed by atoms with Gasteiger partial charge in [-0.3, -0.25) is 10.1 Å². The molecule has 0 bridgehead atoms. The lowest BCUT2D eigenvalue weighted by Crippen LogP contribution is -1.98. The molecule has 2 heterocycles. The number of carboxylic acids is 1. The van der Waals surface area contributed by atoms with Crippen molar-refractivity contribution >= 4 is 5.97 Å². The summed E-state index contributed by atoms with van der Waals surface area (Å²) in [5, 5.41) is 16.3. The van der Waals surface area contributed by atoms with E-state index in [-0.39, 0.29) is 5.56 Å². The quantitative estimate of drug-likeness (QED) is 0.763. The number of carboxylic acid groups (broad SMARTS) is 1. The first-order chi connectivity index (χ1) is 9.75. The molecule has 0 amide bonds. The fourth-order valence-corrected chi connectivity index (χ4v) is 2.03. The molecule has 0 atom stereocenters. The summed E-state index contributed by atoms with van der Waals surface area (Å²) in [6, 6.07) is 12.4. The molecular formula is C15H11N3O2. The first kappa shape index (κ1) is 12.1. The minimum absolute atomic E-state index is 0.244. The molecule has 0 saturated heterocycles. The van der Waals surface area contributed by atoms with Gasteiger partial charge in [0.25, 0.3) is 0 Å². The molecule has 0 saturated carbocycles. The number of aromatic carboxylic acids is 1. The monoisotopic (exact) mass is 265 g/mol. The van der Waals surface area contributed by atoms with Gasteiger partial charge < -0.3 is 5.11 Å². The Morgan fingerprint density at radius 2 is 2.00 bits per heavy atom. The summed E-state index contributed by atoms with van der Waals surface area (Å²) < 4.78 is 0. The SMILES string of the molecule is O=C(O)c1ccccc1-c1cc(-c2cccnc2)n[nH]1. The van der Waals surface area contributed by atoms with Crippen molar-refractivity contribution < 1.29 is 9.90 Å². The van der Waals surface area contributed by atoms with Gasteiger partial charge in [-0.1, -0.05) is 18.2 Å². The molecule has 0 aliphatic carbocycles.